The fourth-order valence-electron chi connectivity index (χ4n) is 5.14. The molecule has 0 aromatic heterocycles. The normalized spacial score (nSPS) is 28.0. The van der Waals surface area contributed by atoms with Crippen molar-refractivity contribution in [3.63, 3.8) is 0 Å². The molecule has 128 valence electrons. The maximum Gasteiger partial charge on any atom is 0.237 e. The summed E-state index contributed by atoms with van der Waals surface area (Å²) in [5, 5.41) is 0. The van der Waals surface area contributed by atoms with Crippen LogP contribution in [0, 0.1) is 5.82 Å². The predicted octanol–water partition coefficient (Wildman–Crippen LogP) is 3.10. The Morgan fingerprint density at radius 3 is 2.76 bits per heavy atom. The smallest absolute Gasteiger partial charge is 0.237 e. The zero-order chi connectivity index (χ0) is 17.1. The number of halogens is 1. The summed E-state index contributed by atoms with van der Waals surface area (Å²) in [6, 6.07) is 13.8. The van der Waals surface area contributed by atoms with Gasteiger partial charge in [0, 0.05) is 18.5 Å². The van der Waals surface area contributed by atoms with Crippen LogP contribution in [0.3, 0.4) is 0 Å². The number of amides is 1. The molecule has 4 heteroatoms. The molecule has 0 saturated carbocycles. The topological polar surface area (TPSA) is 23.6 Å². The molecule has 0 unspecified atom stereocenters. The first kappa shape index (κ1) is 15.1. The summed E-state index contributed by atoms with van der Waals surface area (Å²) in [6.45, 7) is 1.34. The maximum absolute atomic E-state index is 14.1. The van der Waals surface area contributed by atoms with E-state index < -0.39 is 0 Å². The van der Waals surface area contributed by atoms with Gasteiger partial charge in [-0.25, -0.2) is 4.39 Å². The van der Waals surface area contributed by atoms with Crippen LogP contribution in [0.5, 0.6) is 0 Å². The Hall–Kier alpha value is -2.20. The third-order valence-electron chi connectivity index (χ3n) is 6.08. The number of carbonyl (C=O) groups excluding carboxylic acids is 1. The van der Waals surface area contributed by atoms with E-state index in [0.717, 1.165) is 30.5 Å². The van der Waals surface area contributed by atoms with Crippen LogP contribution in [0.25, 0.3) is 0 Å². The minimum atomic E-state index is -0.214. The van der Waals surface area contributed by atoms with Crippen molar-refractivity contribution in [2.45, 2.75) is 30.8 Å². The van der Waals surface area contributed by atoms with Gasteiger partial charge < -0.3 is 4.90 Å². The van der Waals surface area contributed by atoms with Gasteiger partial charge in [-0.1, -0.05) is 30.3 Å². The number of benzene rings is 2. The van der Waals surface area contributed by atoms with Crippen molar-refractivity contribution in [2.75, 3.05) is 20.1 Å². The average molecular weight is 336 g/mol. The molecule has 2 fully saturated rings. The number of piperazine rings is 1. The summed E-state index contributed by atoms with van der Waals surface area (Å²) < 4.78 is 14.1. The molecular formula is C21H21FN2O. The lowest BCUT2D eigenvalue weighted by Gasteiger charge is -2.39. The van der Waals surface area contributed by atoms with Crippen molar-refractivity contribution in [2.24, 2.45) is 0 Å². The van der Waals surface area contributed by atoms with E-state index in [4.69, 9.17) is 0 Å². The van der Waals surface area contributed by atoms with Crippen LogP contribution in [0.15, 0.2) is 42.5 Å². The van der Waals surface area contributed by atoms with Crippen molar-refractivity contribution in [3.05, 3.63) is 70.5 Å². The molecule has 1 amide bonds. The zero-order valence-corrected chi connectivity index (χ0v) is 14.3. The Morgan fingerprint density at radius 1 is 1.08 bits per heavy atom. The minimum Gasteiger partial charge on any atom is -0.330 e. The molecule has 2 heterocycles. The molecule has 3 nitrogen and oxygen atoms in total. The fourth-order valence-corrected chi connectivity index (χ4v) is 5.14. The van der Waals surface area contributed by atoms with Crippen molar-refractivity contribution >= 4 is 5.91 Å². The molecule has 2 saturated heterocycles. The van der Waals surface area contributed by atoms with E-state index in [1.165, 1.54) is 11.1 Å². The van der Waals surface area contributed by atoms with Gasteiger partial charge in [-0.2, -0.15) is 0 Å². The Labute approximate surface area is 147 Å². The first-order valence-electron chi connectivity index (χ1n) is 8.97. The first-order valence-corrected chi connectivity index (χ1v) is 8.97. The summed E-state index contributed by atoms with van der Waals surface area (Å²) in [4.78, 5) is 17.0. The molecule has 2 aliphatic heterocycles. The number of hydrogen-bond acceptors (Lipinski definition) is 2. The highest BCUT2D eigenvalue weighted by Gasteiger charge is 2.49. The van der Waals surface area contributed by atoms with Crippen LogP contribution >= 0.6 is 0 Å². The molecule has 5 rings (SSSR count). The highest BCUT2D eigenvalue weighted by molar-refractivity contribution is 5.81. The second kappa shape index (κ2) is 5.40. The standard InChI is InChI=1S/C21H21FN2O/c1-23-11-16-10-19-17-5-3-2-4-13(17)8-14-6-7-15(22)9-18(14)21(19)24(16)20(25)12-23/h2-7,9,16,19,21H,8,10-12H2,1H3/t16-,19+,21+/m0/s1. The van der Waals surface area contributed by atoms with Crippen LogP contribution in [-0.2, 0) is 11.2 Å². The van der Waals surface area contributed by atoms with Crippen LogP contribution in [-0.4, -0.2) is 41.9 Å². The lowest BCUT2D eigenvalue weighted by atomic mass is 9.87. The monoisotopic (exact) mass is 336 g/mol. The summed E-state index contributed by atoms with van der Waals surface area (Å²) in [6.07, 6.45) is 1.76. The van der Waals surface area contributed by atoms with Gasteiger partial charge in [0.15, 0.2) is 0 Å². The van der Waals surface area contributed by atoms with Gasteiger partial charge in [0.1, 0.15) is 5.82 Å². The van der Waals surface area contributed by atoms with Gasteiger partial charge in [0.2, 0.25) is 5.91 Å². The molecule has 0 N–H and O–H groups in total. The Balaban J connectivity index is 1.72. The zero-order valence-electron chi connectivity index (χ0n) is 14.3. The second-order valence-electron chi connectivity index (χ2n) is 7.66. The molecular weight excluding hydrogens is 315 g/mol. The van der Waals surface area contributed by atoms with E-state index in [1.54, 1.807) is 12.1 Å². The van der Waals surface area contributed by atoms with E-state index in [9.17, 15) is 9.18 Å². The third-order valence-corrected chi connectivity index (χ3v) is 6.08. The third kappa shape index (κ3) is 2.24. The Morgan fingerprint density at radius 2 is 1.88 bits per heavy atom. The number of likely N-dealkylation sites (N-methyl/N-ethyl adjacent to an activating group) is 1. The van der Waals surface area contributed by atoms with Crippen molar-refractivity contribution in [1.29, 1.82) is 0 Å². The summed E-state index contributed by atoms with van der Waals surface area (Å²) in [5.74, 6) is 0.203. The van der Waals surface area contributed by atoms with E-state index in [0.29, 0.717) is 6.54 Å². The number of rotatable bonds is 0. The van der Waals surface area contributed by atoms with Gasteiger partial charge >= 0.3 is 0 Å². The van der Waals surface area contributed by atoms with E-state index in [2.05, 4.69) is 34.1 Å². The summed E-state index contributed by atoms with van der Waals surface area (Å²) in [7, 11) is 2.00. The molecule has 3 aliphatic rings. The van der Waals surface area contributed by atoms with Gasteiger partial charge in [0.25, 0.3) is 0 Å². The van der Waals surface area contributed by atoms with Crippen molar-refractivity contribution < 1.29 is 9.18 Å². The molecule has 0 spiro atoms. The van der Waals surface area contributed by atoms with Gasteiger partial charge in [0.05, 0.1) is 12.6 Å². The van der Waals surface area contributed by atoms with E-state index >= 15 is 0 Å². The van der Waals surface area contributed by atoms with Crippen molar-refractivity contribution in [1.82, 2.24) is 9.80 Å². The molecule has 2 aromatic carbocycles. The summed E-state index contributed by atoms with van der Waals surface area (Å²) in [5.41, 5.74) is 4.79. The van der Waals surface area contributed by atoms with Crippen LogP contribution in [0.2, 0.25) is 0 Å². The molecule has 2 aromatic rings. The van der Waals surface area contributed by atoms with Crippen molar-refractivity contribution in [3.8, 4) is 0 Å². The second-order valence-corrected chi connectivity index (χ2v) is 7.66. The highest BCUT2D eigenvalue weighted by atomic mass is 19.1. The molecule has 0 bridgehead atoms. The molecule has 25 heavy (non-hydrogen) atoms. The van der Waals surface area contributed by atoms with Crippen LogP contribution < -0.4 is 0 Å². The average Bonchev–Trinajstić information content (AvgIpc) is 2.90. The minimum absolute atomic E-state index is 0.0412. The SMILES string of the molecule is CN1CC(=O)N2[C@@H](C[C@@H]3c4ccccc4Cc4ccc(F)cc4[C@H]32)C1. The quantitative estimate of drug-likeness (QED) is 0.738. The fraction of sp³-hybridized carbons (Fsp3) is 0.381. The van der Waals surface area contributed by atoms with E-state index in [1.807, 2.05) is 13.1 Å². The predicted molar refractivity (Wildman–Crippen MR) is 93.9 cm³/mol. The lowest BCUT2D eigenvalue weighted by molar-refractivity contribution is -0.139. The Kier molecular flexibility index (Phi) is 3.26. The number of carbonyl (C=O) groups is 1. The van der Waals surface area contributed by atoms with Gasteiger partial charge in [-0.05, 0) is 54.3 Å². The lowest BCUT2D eigenvalue weighted by Crippen LogP contribution is -2.53. The van der Waals surface area contributed by atoms with Gasteiger partial charge in [-0.15, -0.1) is 0 Å². The summed E-state index contributed by atoms with van der Waals surface area (Å²) >= 11 is 0. The number of hydrogen-bond donors (Lipinski definition) is 0. The van der Waals surface area contributed by atoms with Crippen LogP contribution in [0.4, 0.5) is 4.39 Å². The van der Waals surface area contributed by atoms with Gasteiger partial charge in [-0.3, -0.25) is 9.69 Å². The van der Waals surface area contributed by atoms with E-state index in [-0.39, 0.29) is 29.7 Å². The van der Waals surface area contributed by atoms with Crippen LogP contribution in [0.1, 0.15) is 40.6 Å². The maximum atomic E-state index is 14.1. The molecule has 1 aliphatic carbocycles. The molecule has 3 atom stereocenters. The first-order chi connectivity index (χ1) is 12.1. The highest BCUT2D eigenvalue weighted by Crippen LogP contribution is 2.51. The Bertz CT molecular complexity index is 865. The number of fused-ring (bicyclic) bond motifs is 7. The largest absolute Gasteiger partial charge is 0.330 e. The number of nitrogens with zero attached hydrogens (tertiary/aromatic N) is 2. The molecule has 0 radical (unpaired) electrons.